The maximum absolute atomic E-state index is 13.3. The molecule has 1 aromatic rings. The van der Waals surface area contributed by atoms with Crippen LogP contribution in [0.5, 0.6) is 0 Å². The van der Waals surface area contributed by atoms with Crippen molar-refractivity contribution in [2.75, 3.05) is 18.1 Å². The third kappa shape index (κ3) is 3.84. The van der Waals surface area contributed by atoms with Crippen LogP contribution in [0.4, 0.5) is 15.8 Å². The first kappa shape index (κ1) is 15.2. The predicted octanol–water partition coefficient (Wildman–Crippen LogP) is 4.05. The summed E-state index contributed by atoms with van der Waals surface area (Å²) in [5.41, 5.74) is 0.0583. The van der Waals surface area contributed by atoms with Crippen LogP contribution in [0.1, 0.15) is 13.8 Å². The van der Waals surface area contributed by atoms with Crippen LogP contribution in [0.2, 0.25) is 0 Å². The van der Waals surface area contributed by atoms with Crippen LogP contribution in [0.3, 0.4) is 0 Å². The molecule has 0 unspecified atom stereocenters. The Balaban J connectivity index is 3.01. The monoisotopic (exact) mass is 336 g/mol. The van der Waals surface area contributed by atoms with Gasteiger partial charge in [-0.1, -0.05) is 0 Å². The average Bonchev–Trinajstić information content (AvgIpc) is 2.30. The summed E-state index contributed by atoms with van der Waals surface area (Å²) in [6, 6.07) is 2.31. The van der Waals surface area contributed by atoms with E-state index in [2.05, 4.69) is 21.2 Å². The Morgan fingerprint density at radius 3 is 2.67 bits per heavy atom. The van der Waals surface area contributed by atoms with Gasteiger partial charge in [0.05, 0.1) is 15.5 Å². The number of nitro benzene ring substituents is 1. The highest BCUT2D eigenvalue weighted by molar-refractivity contribution is 9.10. The van der Waals surface area contributed by atoms with Crippen molar-refractivity contribution in [3.05, 3.63) is 32.5 Å². The summed E-state index contributed by atoms with van der Waals surface area (Å²) in [5, 5.41) is 13.9. The van der Waals surface area contributed by atoms with Gasteiger partial charge in [-0.25, -0.2) is 4.39 Å². The van der Waals surface area contributed by atoms with Crippen LogP contribution in [-0.2, 0) is 0 Å². The van der Waals surface area contributed by atoms with E-state index in [1.54, 1.807) is 11.8 Å². The van der Waals surface area contributed by atoms with E-state index in [9.17, 15) is 14.5 Å². The lowest BCUT2D eigenvalue weighted by molar-refractivity contribution is -0.384. The number of thioether (sulfide) groups is 1. The molecule has 18 heavy (non-hydrogen) atoms. The van der Waals surface area contributed by atoms with Crippen LogP contribution in [0.15, 0.2) is 16.6 Å². The molecule has 0 spiro atoms. The molecule has 100 valence electrons. The molecule has 0 aliphatic heterocycles. The molecule has 1 rings (SSSR count). The summed E-state index contributed by atoms with van der Waals surface area (Å²) in [6.07, 6.45) is 1.97. The lowest BCUT2D eigenvalue weighted by atomic mass is 10.2. The summed E-state index contributed by atoms with van der Waals surface area (Å²) in [7, 11) is 0. The maximum atomic E-state index is 13.3. The van der Waals surface area contributed by atoms with Crippen molar-refractivity contribution >= 4 is 39.1 Å². The quantitative estimate of drug-likeness (QED) is 0.651. The Kier molecular flexibility index (Phi) is 4.98. The van der Waals surface area contributed by atoms with Gasteiger partial charge >= 0.3 is 0 Å². The molecule has 0 amide bonds. The first-order chi connectivity index (χ1) is 8.26. The molecular formula is C11H14BrFN2O2S. The second-order valence-electron chi connectivity index (χ2n) is 4.36. The van der Waals surface area contributed by atoms with Gasteiger partial charge in [0.25, 0.3) is 5.69 Å². The molecule has 0 saturated carbocycles. The minimum absolute atomic E-state index is 0.0608. The van der Waals surface area contributed by atoms with E-state index in [0.717, 1.165) is 6.07 Å². The first-order valence-corrected chi connectivity index (χ1v) is 7.21. The van der Waals surface area contributed by atoms with E-state index < -0.39 is 10.7 Å². The summed E-state index contributed by atoms with van der Waals surface area (Å²) in [4.78, 5) is 10.3. The Labute approximate surface area is 118 Å². The van der Waals surface area contributed by atoms with E-state index in [1.165, 1.54) is 6.07 Å². The Morgan fingerprint density at radius 2 is 2.17 bits per heavy atom. The number of nitro groups is 1. The highest BCUT2D eigenvalue weighted by Gasteiger charge is 2.21. The molecule has 0 aliphatic rings. The molecule has 0 aliphatic carbocycles. The van der Waals surface area contributed by atoms with E-state index in [1.807, 2.05) is 20.1 Å². The van der Waals surface area contributed by atoms with Crippen molar-refractivity contribution in [3.63, 3.8) is 0 Å². The van der Waals surface area contributed by atoms with E-state index >= 15 is 0 Å². The van der Waals surface area contributed by atoms with E-state index in [0.29, 0.717) is 12.2 Å². The molecule has 1 N–H and O–H groups in total. The van der Waals surface area contributed by atoms with Crippen molar-refractivity contribution in [2.24, 2.45) is 0 Å². The zero-order valence-electron chi connectivity index (χ0n) is 10.3. The van der Waals surface area contributed by atoms with Crippen LogP contribution in [-0.4, -0.2) is 22.5 Å². The molecule has 0 heterocycles. The number of hydrogen-bond acceptors (Lipinski definition) is 4. The molecule has 7 heteroatoms. The van der Waals surface area contributed by atoms with Crippen LogP contribution in [0.25, 0.3) is 0 Å². The smallest absolute Gasteiger partial charge is 0.295 e. The maximum Gasteiger partial charge on any atom is 0.295 e. The third-order valence-corrected chi connectivity index (χ3v) is 4.35. The summed E-state index contributed by atoms with van der Waals surface area (Å²) < 4.78 is 13.4. The Hall–Kier alpha value is -0.820. The highest BCUT2D eigenvalue weighted by Crippen LogP contribution is 2.31. The Morgan fingerprint density at radius 1 is 1.56 bits per heavy atom. The number of benzene rings is 1. The van der Waals surface area contributed by atoms with Gasteiger partial charge in [0, 0.05) is 11.3 Å². The van der Waals surface area contributed by atoms with Gasteiger partial charge in [-0.2, -0.15) is 11.8 Å². The zero-order chi connectivity index (χ0) is 13.9. The number of rotatable bonds is 5. The van der Waals surface area contributed by atoms with Gasteiger partial charge in [0.2, 0.25) is 0 Å². The van der Waals surface area contributed by atoms with Gasteiger partial charge in [0.1, 0.15) is 11.5 Å². The SMILES string of the molecule is CSC(C)(C)CNc1cc(Br)c(F)cc1[N+](=O)[O-]. The molecule has 0 saturated heterocycles. The van der Waals surface area contributed by atoms with Crippen molar-refractivity contribution in [3.8, 4) is 0 Å². The van der Waals surface area contributed by atoms with E-state index in [-0.39, 0.29) is 14.9 Å². The minimum atomic E-state index is -0.642. The van der Waals surface area contributed by atoms with Crippen LogP contribution < -0.4 is 5.32 Å². The molecule has 0 fully saturated rings. The fourth-order valence-electron chi connectivity index (χ4n) is 1.21. The number of nitrogens with one attached hydrogen (secondary N) is 1. The summed E-state index contributed by atoms with van der Waals surface area (Å²) >= 11 is 4.67. The fraction of sp³-hybridized carbons (Fsp3) is 0.455. The van der Waals surface area contributed by atoms with Crippen LogP contribution >= 0.6 is 27.7 Å². The summed E-state index contributed by atoms with van der Waals surface area (Å²) in [6.45, 7) is 4.59. The van der Waals surface area contributed by atoms with Gasteiger partial charge in [-0.05, 0) is 42.1 Å². The van der Waals surface area contributed by atoms with Gasteiger partial charge in [0.15, 0.2) is 0 Å². The van der Waals surface area contributed by atoms with Crippen molar-refractivity contribution < 1.29 is 9.31 Å². The second-order valence-corrected chi connectivity index (χ2v) is 6.73. The number of hydrogen-bond donors (Lipinski definition) is 1. The second kappa shape index (κ2) is 5.88. The lowest BCUT2D eigenvalue weighted by Gasteiger charge is -2.22. The number of halogens is 2. The highest BCUT2D eigenvalue weighted by atomic mass is 79.9. The first-order valence-electron chi connectivity index (χ1n) is 5.19. The Bertz CT molecular complexity index is 469. The zero-order valence-corrected chi connectivity index (χ0v) is 12.7. The normalized spacial score (nSPS) is 11.4. The van der Waals surface area contributed by atoms with Crippen molar-refractivity contribution in [2.45, 2.75) is 18.6 Å². The topological polar surface area (TPSA) is 55.2 Å². The molecule has 0 radical (unpaired) electrons. The molecule has 0 atom stereocenters. The van der Waals surface area contributed by atoms with Gasteiger partial charge in [-0.3, -0.25) is 10.1 Å². The predicted molar refractivity (Wildman–Crippen MR) is 76.8 cm³/mol. The van der Waals surface area contributed by atoms with E-state index in [4.69, 9.17) is 0 Å². The average molecular weight is 337 g/mol. The molecule has 0 bridgehead atoms. The van der Waals surface area contributed by atoms with Gasteiger partial charge in [-0.15, -0.1) is 0 Å². The van der Waals surface area contributed by atoms with Crippen molar-refractivity contribution in [1.29, 1.82) is 0 Å². The van der Waals surface area contributed by atoms with Crippen LogP contribution in [0, 0.1) is 15.9 Å². The number of anilines is 1. The largest absolute Gasteiger partial charge is 0.378 e. The van der Waals surface area contributed by atoms with Gasteiger partial charge < -0.3 is 5.32 Å². The minimum Gasteiger partial charge on any atom is -0.378 e. The van der Waals surface area contributed by atoms with Crippen molar-refractivity contribution in [1.82, 2.24) is 0 Å². The molecule has 1 aromatic carbocycles. The molecule has 0 aromatic heterocycles. The lowest BCUT2D eigenvalue weighted by Crippen LogP contribution is -2.26. The molecule has 4 nitrogen and oxygen atoms in total. The third-order valence-electron chi connectivity index (χ3n) is 2.49. The molecular weight excluding hydrogens is 323 g/mol. The summed E-state index contributed by atoms with van der Waals surface area (Å²) in [5.74, 6) is -0.642. The standard InChI is InChI=1S/C11H14BrFN2O2S/c1-11(2,18-3)6-14-9-4-7(12)8(13)5-10(9)15(16)17/h4-5,14H,6H2,1-3H3. The fourth-order valence-corrected chi connectivity index (χ4v) is 1.77. The number of nitrogens with zero attached hydrogens (tertiary/aromatic N) is 1.